The molecular formula is C18H23NO5S2. The predicted octanol–water partition coefficient (Wildman–Crippen LogP) is 2.69. The van der Waals surface area contributed by atoms with Gasteiger partial charge in [0.15, 0.2) is 11.5 Å². The molecule has 2 unspecified atom stereocenters. The van der Waals surface area contributed by atoms with E-state index in [2.05, 4.69) is 0 Å². The lowest BCUT2D eigenvalue weighted by Crippen LogP contribution is -2.47. The lowest BCUT2D eigenvalue weighted by molar-refractivity contribution is -0.147. The molecule has 0 N–H and O–H groups in total. The van der Waals surface area contributed by atoms with E-state index in [1.54, 1.807) is 30.7 Å². The van der Waals surface area contributed by atoms with Crippen molar-refractivity contribution in [1.82, 2.24) is 4.90 Å². The standard InChI is InChI=1S/C18H23NO5S2/c1-4-23-18(21)13-11-26-17(19(13)16(25)9-12(2)20)10-24-15-8-6-5-7-14(15)22-3/h5-8,13,17H,4,9-11H2,1-3H3. The van der Waals surface area contributed by atoms with Crippen molar-refractivity contribution in [2.75, 3.05) is 26.1 Å². The highest BCUT2D eigenvalue weighted by atomic mass is 32.2. The molecule has 2 atom stereocenters. The molecule has 1 aromatic carbocycles. The van der Waals surface area contributed by atoms with Crippen molar-refractivity contribution in [2.24, 2.45) is 0 Å². The summed E-state index contributed by atoms with van der Waals surface area (Å²) < 4.78 is 16.3. The normalized spacial score (nSPS) is 19.1. The van der Waals surface area contributed by atoms with Crippen LogP contribution >= 0.6 is 24.0 Å². The molecule has 1 saturated heterocycles. The van der Waals surface area contributed by atoms with Crippen molar-refractivity contribution in [3.63, 3.8) is 0 Å². The Kier molecular flexibility index (Phi) is 7.71. The Balaban J connectivity index is 2.13. The van der Waals surface area contributed by atoms with Gasteiger partial charge in [-0.15, -0.1) is 11.8 Å². The number of benzene rings is 1. The lowest BCUT2D eigenvalue weighted by Gasteiger charge is -2.30. The van der Waals surface area contributed by atoms with Crippen LogP contribution in [-0.2, 0) is 14.3 Å². The minimum absolute atomic E-state index is 0.0427. The molecule has 1 aliphatic rings. The van der Waals surface area contributed by atoms with Crippen LogP contribution in [0, 0.1) is 0 Å². The SMILES string of the molecule is CCOC(=O)C1CSC(COc2ccccc2OC)N1C(=S)CC(C)=O. The monoisotopic (exact) mass is 397 g/mol. The number of carbonyl (C=O) groups is 2. The number of hydrogen-bond donors (Lipinski definition) is 0. The fourth-order valence-corrected chi connectivity index (χ4v) is 4.47. The van der Waals surface area contributed by atoms with Gasteiger partial charge in [-0.05, 0) is 26.0 Å². The van der Waals surface area contributed by atoms with Crippen molar-refractivity contribution in [3.8, 4) is 11.5 Å². The maximum atomic E-state index is 12.3. The minimum Gasteiger partial charge on any atom is -0.493 e. The summed E-state index contributed by atoms with van der Waals surface area (Å²) in [5.74, 6) is 1.42. The van der Waals surface area contributed by atoms with E-state index in [1.807, 2.05) is 24.3 Å². The molecule has 26 heavy (non-hydrogen) atoms. The summed E-state index contributed by atoms with van der Waals surface area (Å²) in [6, 6.07) is 6.86. The summed E-state index contributed by atoms with van der Waals surface area (Å²) in [4.78, 5) is 26.0. The van der Waals surface area contributed by atoms with Crippen molar-refractivity contribution in [3.05, 3.63) is 24.3 Å². The molecule has 0 aromatic heterocycles. The number of Topliss-reactive ketones (excluding diaryl/α,β-unsaturated/α-hetero) is 1. The molecule has 6 nitrogen and oxygen atoms in total. The summed E-state index contributed by atoms with van der Waals surface area (Å²) >= 11 is 6.99. The lowest BCUT2D eigenvalue weighted by atomic mass is 10.2. The number of thiocarbonyl (C=S) groups is 1. The van der Waals surface area contributed by atoms with Crippen LogP contribution in [0.4, 0.5) is 0 Å². The third kappa shape index (κ3) is 5.11. The first kappa shape index (κ1) is 20.5. The second kappa shape index (κ2) is 9.78. The zero-order valence-corrected chi connectivity index (χ0v) is 16.7. The molecule has 0 amide bonds. The maximum absolute atomic E-state index is 12.3. The van der Waals surface area contributed by atoms with Gasteiger partial charge < -0.3 is 19.1 Å². The van der Waals surface area contributed by atoms with E-state index < -0.39 is 6.04 Å². The number of esters is 1. The smallest absolute Gasteiger partial charge is 0.329 e. The largest absolute Gasteiger partial charge is 0.493 e. The number of ketones is 1. The molecule has 0 radical (unpaired) electrons. The second-order valence-corrected chi connectivity index (χ2v) is 7.38. The number of ether oxygens (including phenoxy) is 3. The average molecular weight is 398 g/mol. The van der Waals surface area contributed by atoms with E-state index in [0.717, 1.165) is 0 Å². The van der Waals surface area contributed by atoms with Crippen molar-refractivity contribution in [2.45, 2.75) is 31.7 Å². The van der Waals surface area contributed by atoms with E-state index in [1.165, 1.54) is 6.92 Å². The summed E-state index contributed by atoms with van der Waals surface area (Å²) in [5.41, 5.74) is 0. The first-order valence-corrected chi connectivity index (χ1v) is 9.78. The molecule has 1 fully saturated rings. The second-order valence-electron chi connectivity index (χ2n) is 5.70. The first-order chi connectivity index (χ1) is 12.5. The van der Waals surface area contributed by atoms with Crippen LogP contribution in [0.2, 0.25) is 0 Å². The number of hydrogen-bond acceptors (Lipinski definition) is 7. The van der Waals surface area contributed by atoms with Gasteiger partial charge in [-0.25, -0.2) is 4.79 Å². The molecule has 0 aliphatic carbocycles. The van der Waals surface area contributed by atoms with E-state index >= 15 is 0 Å². The zero-order chi connectivity index (χ0) is 19.1. The van der Waals surface area contributed by atoms with E-state index in [9.17, 15) is 9.59 Å². The molecule has 1 aliphatic heterocycles. The van der Waals surface area contributed by atoms with Crippen LogP contribution in [0.3, 0.4) is 0 Å². The number of para-hydroxylation sites is 2. The van der Waals surface area contributed by atoms with Crippen LogP contribution in [-0.4, -0.2) is 59.1 Å². The highest BCUT2D eigenvalue weighted by Crippen LogP contribution is 2.33. The van der Waals surface area contributed by atoms with Crippen molar-refractivity contribution in [1.29, 1.82) is 0 Å². The fourth-order valence-electron chi connectivity index (χ4n) is 2.65. The van der Waals surface area contributed by atoms with Crippen molar-refractivity contribution < 1.29 is 23.8 Å². The number of methoxy groups -OCH3 is 1. The van der Waals surface area contributed by atoms with Crippen molar-refractivity contribution >= 4 is 40.7 Å². The molecule has 0 saturated carbocycles. The number of thioether (sulfide) groups is 1. The number of carbonyl (C=O) groups excluding carboxylic acids is 2. The van der Waals surface area contributed by atoms with Crippen LogP contribution in [0.5, 0.6) is 11.5 Å². The molecule has 2 rings (SSSR count). The minimum atomic E-state index is -0.502. The number of nitrogens with zero attached hydrogens (tertiary/aromatic N) is 1. The third-order valence-electron chi connectivity index (χ3n) is 3.79. The van der Waals surface area contributed by atoms with Gasteiger partial charge in [0.05, 0.1) is 25.1 Å². The van der Waals surface area contributed by atoms with E-state index in [-0.39, 0.29) is 23.5 Å². The van der Waals surface area contributed by atoms with Gasteiger partial charge in [0.1, 0.15) is 23.8 Å². The topological polar surface area (TPSA) is 65.1 Å². The van der Waals surface area contributed by atoms with E-state index in [4.69, 9.17) is 26.4 Å². The van der Waals surface area contributed by atoms with Gasteiger partial charge in [0.25, 0.3) is 0 Å². The van der Waals surface area contributed by atoms with Gasteiger partial charge in [0.2, 0.25) is 0 Å². The summed E-state index contributed by atoms with van der Waals surface area (Å²) in [7, 11) is 1.58. The van der Waals surface area contributed by atoms with Gasteiger partial charge in [-0.1, -0.05) is 24.4 Å². The summed E-state index contributed by atoms with van der Waals surface area (Å²) in [6.07, 6.45) is 0.122. The van der Waals surface area contributed by atoms with Crippen LogP contribution in [0.1, 0.15) is 20.3 Å². The van der Waals surface area contributed by atoms with Crippen LogP contribution < -0.4 is 9.47 Å². The average Bonchev–Trinajstić information content (AvgIpc) is 3.04. The zero-order valence-electron chi connectivity index (χ0n) is 15.1. The summed E-state index contributed by atoms with van der Waals surface area (Å²) in [5, 5.41) is -0.179. The quantitative estimate of drug-likeness (QED) is 0.490. The Morgan fingerprint density at radius 1 is 1.31 bits per heavy atom. The Hall–Kier alpha value is -1.80. The fraction of sp³-hybridized carbons (Fsp3) is 0.500. The maximum Gasteiger partial charge on any atom is 0.329 e. The highest BCUT2D eigenvalue weighted by molar-refractivity contribution is 8.00. The van der Waals surface area contributed by atoms with Crippen LogP contribution in [0.15, 0.2) is 24.3 Å². The molecule has 0 spiro atoms. The molecule has 1 heterocycles. The van der Waals surface area contributed by atoms with Gasteiger partial charge in [-0.3, -0.25) is 4.79 Å². The van der Waals surface area contributed by atoms with Gasteiger partial charge in [-0.2, -0.15) is 0 Å². The Morgan fingerprint density at radius 2 is 2.00 bits per heavy atom. The first-order valence-electron chi connectivity index (χ1n) is 8.32. The molecule has 142 valence electrons. The summed E-state index contributed by atoms with van der Waals surface area (Å²) in [6.45, 7) is 3.85. The molecule has 8 heteroatoms. The van der Waals surface area contributed by atoms with Crippen LogP contribution in [0.25, 0.3) is 0 Å². The predicted molar refractivity (Wildman–Crippen MR) is 105 cm³/mol. The molecular weight excluding hydrogens is 374 g/mol. The van der Waals surface area contributed by atoms with Gasteiger partial charge >= 0.3 is 5.97 Å². The van der Waals surface area contributed by atoms with Gasteiger partial charge in [0, 0.05) is 5.75 Å². The highest BCUT2D eigenvalue weighted by Gasteiger charge is 2.41. The Labute approximate surface area is 163 Å². The van der Waals surface area contributed by atoms with E-state index in [0.29, 0.717) is 35.5 Å². The Bertz CT molecular complexity index is 667. The molecule has 0 bridgehead atoms. The molecule has 1 aromatic rings. The number of rotatable bonds is 8. The third-order valence-corrected chi connectivity index (χ3v) is 5.40. The Morgan fingerprint density at radius 3 is 2.62 bits per heavy atom.